The number of benzene rings is 2. The molecule has 1 heterocycles. The number of aliphatic hydroxyl groups excluding tert-OH is 1. The normalized spacial score (nSPS) is 16.7. The van der Waals surface area contributed by atoms with Crippen molar-refractivity contribution in [3.63, 3.8) is 0 Å². The van der Waals surface area contributed by atoms with Gasteiger partial charge in [0, 0.05) is 18.8 Å². The molecule has 0 aromatic heterocycles. The molecule has 2 aromatic carbocycles. The molecule has 7 nitrogen and oxygen atoms in total. The van der Waals surface area contributed by atoms with Crippen LogP contribution in [0.3, 0.4) is 0 Å². The molecular weight excluding hydrogens is 366 g/mol. The van der Waals surface area contributed by atoms with Gasteiger partial charge in [-0.25, -0.2) is 18.4 Å². The molecule has 1 saturated heterocycles. The van der Waals surface area contributed by atoms with Crippen molar-refractivity contribution < 1.29 is 18.3 Å². The first-order chi connectivity index (χ1) is 12.8. The molecule has 27 heavy (non-hydrogen) atoms. The molecule has 0 saturated carbocycles. The predicted molar refractivity (Wildman–Crippen MR) is 103 cm³/mol. The Morgan fingerprint density at radius 2 is 1.67 bits per heavy atom. The van der Waals surface area contributed by atoms with Crippen LogP contribution in [0.2, 0.25) is 0 Å². The number of nitrogens with zero attached hydrogens (tertiary/aromatic N) is 1. The molecule has 0 unspecified atom stereocenters. The number of sulfonamides is 1. The van der Waals surface area contributed by atoms with Crippen molar-refractivity contribution in [1.29, 1.82) is 0 Å². The summed E-state index contributed by atoms with van der Waals surface area (Å²) >= 11 is 0. The first-order valence-corrected chi connectivity index (χ1v) is 10.3. The number of likely N-dealkylation sites (tertiary alicyclic amines) is 1. The zero-order chi connectivity index (χ0) is 19.4. The lowest BCUT2D eigenvalue weighted by Gasteiger charge is -2.34. The number of carbonyl (C=O) groups excluding carboxylic acids is 1. The average Bonchev–Trinajstić information content (AvgIpc) is 2.68. The lowest BCUT2D eigenvalue weighted by molar-refractivity contribution is 0.0683. The molecule has 0 aliphatic carbocycles. The smallest absolute Gasteiger partial charge is 0.321 e. The summed E-state index contributed by atoms with van der Waals surface area (Å²) in [7, 11) is -3.75. The first-order valence-electron chi connectivity index (χ1n) is 8.76. The first kappa shape index (κ1) is 19.3. The number of aliphatic hydroxyl groups is 1. The Hall–Kier alpha value is -2.42. The predicted octanol–water partition coefficient (Wildman–Crippen LogP) is 2.31. The average molecular weight is 389 g/mol. The number of nitrogens with one attached hydrogen (secondary N) is 1. The molecule has 2 aromatic rings. The fourth-order valence-corrected chi connectivity index (χ4v) is 3.79. The summed E-state index contributed by atoms with van der Waals surface area (Å²) in [5.74, 6) is 0.116. The third kappa shape index (κ3) is 4.85. The Kier molecular flexibility index (Phi) is 5.79. The quantitative estimate of drug-likeness (QED) is 0.745. The topological polar surface area (TPSA) is 113 Å². The molecule has 0 radical (unpaired) electrons. The number of hydrogen-bond acceptors (Lipinski definition) is 4. The zero-order valence-electron chi connectivity index (χ0n) is 14.8. The summed E-state index contributed by atoms with van der Waals surface area (Å²) in [5.41, 5.74) is 1.40. The van der Waals surface area contributed by atoms with Crippen LogP contribution in [0.1, 0.15) is 24.5 Å². The van der Waals surface area contributed by atoms with E-state index in [2.05, 4.69) is 5.32 Å². The van der Waals surface area contributed by atoms with Crippen LogP contribution in [0.5, 0.6) is 0 Å². The van der Waals surface area contributed by atoms with Gasteiger partial charge in [-0.2, -0.15) is 0 Å². The van der Waals surface area contributed by atoms with Crippen LogP contribution in [0.15, 0.2) is 59.5 Å². The second-order valence-corrected chi connectivity index (χ2v) is 8.24. The molecule has 144 valence electrons. The highest BCUT2D eigenvalue weighted by atomic mass is 32.2. The molecule has 4 N–H and O–H groups in total. The maximum Gasteiger partial charge on any atom is 0.321 e. The van der Waals surface area contributed by atoms with Crippen molar-refractivity contribution in [2.45, 2.75) is 23.8 Å². The maximum atomic E-state index is 12.4. The third-order valence-electron chi connectivity index (χ3n) is 4.85. The van der Waals surface area contributed by atoms with Crippen molar-refractivity contribution in [1.82, 2.24) is 4.90 Å². The van der Waals surface area contributed by atoms with Crippen molar-refractivity contribution in [3.05, 3.63) is 60.2 Å². The summed E-state index contributed by atoms with van der Waals surface area (Å²) in [6, 6.07) is 15.0. The van der Waals surface area contributed by atoms with Gasteiger partial charge in [0.2, 0.25) is 10.0 Å². The van der Waals surface area contributed by atoms with Gasteiger partial charge in [-0.15, -0.1) is 0 Å². The van der Waals surface area contributed by atoms with Gasteiger partial charge < -0.3 is 15.3 Å². The largest absolute Gasteiger partial charge is 0.388 e. The van der Waals surface area contributed by atoms with Crippen LogP contribution in [0.4, 0.5) is 10.5 Å². The molecule has 1 aliphatic rings. The Bertz CT molecular complexity index is 877. The molecule has 3 rings (SSSR count). The standard InChI is InChI=1S/C19H23N3O4S/c20-27(25,26)17-8-6-16(7-9-17)21-19(24)22-12-10-15(11-13-22)18(23)14-4-2-1-3-5-14/h1-9,15,18,23H,10-13H2,(H,21,24)(H2,20,25,26)/t18-/m0/s1. The van der Waals surface area contributed by atoms with Crippen LogP contribution in [0, 0.1) is 5.92 Å². The highest BCUT2D eigenvalue weighted by molar-refractivity contribution is 7.89. The number of rotatable bonds is 4. The molecule has 0 spiro atoms. The number of nitrogens with two attached hydrogens (primary N) is 1. The Morgan fingerprint density at radius 1 is 1.07 bits per heavy atom. The summed E-state index contributed by atoms with van der Waals surface area (Å²) in [4.78, 5) is 14.1. The Morgan fingerprint density at radius 3 is 2.22 bits per heavy atom. The lowest BCUT2D eigenvalue weighted by Crippen LogP contribution is -2.42. The van der Waals surface area contributed by atoms with Crippen LogP contribution in [0.25, 0.3) is 0 Å². The second-order valence-electron chi connectivity index (χ2n) is 6.68. The molecule has 8 heteroatoms. The molecule has 2 amide bonds. The van der Waals surface area contributed by atoms with Gasteiger partial charge in [0.15, 0.2) is 0 Å². The number of hydrogen-bond donors (Lipinski definition) is 3. The van der Waals surface area contributed by atoms with E-state index in [1.54, 1.807) is 4.90 Å². The van der Waals surface area contributed by atoms with E-state index >= 15 is 0 Å². The molecule has 1 atom stereocenters. The van der Waals surface area contributed by atoms with Crippen LogP contribution in [-0.2, 0) is 10.0 Å². The molecular formula is C19H23N3O4S. The number of piperidine rings is 1. The van der Waals surface area contributed by atoms with E-state index < -0.39 is 16.1 Å². The molecule has 1 aliphatic heterocycles. The monoisotopic (exact) mass is 389 g/mol. The van der Waals surface area contributed by atoms with Crippen molar-refractivity contribution in [2.75, 3.05) is 18.4 Å². The zero-order valence-corrected chi connectivity index (χ0v) is 15.6. The van der Waals surface area contributed by atoms with Gasteiger partial charge in [-0.3, -0.25) is 0 Å². The van der Waals surface area contributed by atoms with Crippen molar-refractivity contribution in [3.8, 4) is 0 Å². The fourth-order valence-electron chi connectivity index (χ4n) is 3.27. The number of primary sulfonamides is 1. The SMILES string of the molecule is NS(=O)(=O)c1ccc(NC(=O)N2CCC([C@@H](O)c3ccccc3)CC2)cc1. The minimum atomic E-state index is -3.75. The van der Waals surface area contributed by atoms with Crippen LogP contribution < -0.4 is 10.5 Å². The maximum absolute atomic E-state index is 12.4. The van der Waals surface area contributed by atoms with E-state index in [0.717, 1.165) is 5.56 Å². The highest BCUT2D eigenvalue weighted by Crippen LogP contribution is 2.30. The van der Waals surface area contributed by atoms with Crippen molar-refractivity contribution in [2.24, 2.45) is 11.1 Å². The second kappa shape index (κ2) is 8.08. The summed E-state index contributed by atoms with van der Waals surface area (Å²) in [6.45, 7) is 1.10. The van der Waals surface area contributed by atoms with E-state index in [-0.39, 0.29) is 16.8 Å². The third-order valence-corrected chi connectivity index (χ3v) is 5.78. The summed E-state index contributed by atoms with van der Waals surface area (Å²) in [5, 5.41) is 18.3. The van der Waals surface area contributed by atoms with Gasteiger partial charge >= 0.3 is 6.03 Å². The number of anilines is 1. The van der Waals surface area contributed by atoms with Gasteiger partial charge in [-0.05, 0) is 48.6 Å². The summed E-state index contributed by atoms with van der Waals surface area (Å²) < 4.78 is 22.5. The number of amides is 2. The Labute approximate surface area is 158 Å². The van der Waals surface area contributed by atoms with Crippen molar-refractivity contribution >= 4 is 21.7 Å². The van der Waals surface area contributed by atoms with E-state index in [0.29, 0.717) is 31.6 Å². The van der Waals surface area contributed by atoms with E-state index in [1.807, 2.05) is 30.3 Å². The minimum absolute atomic E-state index is 0.00351. The van der Waals surface area contributed by atoms with Crippen LogP contribution in [-0.4, -0.2) is 37.5 Å². The van der Waals surface area contributed by atoms with Crippen LogP contribution >= 0.6 is 0 Å². The van der Waals surface area contributed by atoms with E-state index in [9.17, 15) is 18.3 Å². The number of urea groups is 1. The van der Waals surface area contributed by atoms with Gasteiger partial charge in [-0.1, -0.05) is 30.3 Å². The highest BCUT2D eigenvalue weighted by Gasteiger charge is 2.28. The van der Waals surface area contributed by atoms with Gasteiger partial charge in [0.05, 0.1) is 11.0 Å². The lowest BCUT2D eigenvalue weighted by atomic mass is 9.87. The van der Waals surface area contributed by atoms with E-state index in [1.165, 1.54) is 24.3 Å². The molecule has 1 fully saturated rings. The fraction of sp³-hybridized carbons (Fsp3) is 0.316. The van der Waals surface area contributed by atoms with Gasteiger partial charge in [0.25, 0.3) is 0 Å². The summed E-state index contributed by atoms with van der Waals surface area (Å²) in [6.07, 6.45) is 0.906. The minimum Gasteiger partial charge on any atom is -0.388 e. The number of carbonyl (C=O) groups is 1. The van der Waals surface area contributed by atoms with E-state index in [4.69, 9.17) is 5.14 Å². The molecule has 0 bridgehead atoms. The Balaban J connectivity index is 1.54. The van der Waals surface area contributed by atoms with Gasteiger partial charge in [0.1, 0.15) is 0 Å².